The molecule has 4 N–H and O–H groups in total. The van der Waals surface area contributed by atoms with E-state index in [1.165, 1.54) is 7.11 Å². The van der Waals surface area contributed by atoms with E-state index >= 15 is 0 Å². The Morgan fingerprint density at radius 1 is 0.875 bits per heavy atom. The smallest absolute Gasteiger partial charge is 0.353 e. The highest BCUT2D eigenvalue weighted by molar-refractivity contribution is 5.79. The Morgan fingerprint density at radius 3 is 1.88 bits per heavy atom. The molecule has 0 amide bonds. The zero-order valence-electron chi connectivity index (χ0n) is 21.9. The highest BCUT2D eigenvalue weighted by atomic mass is 16.7. The van der Waals surface area contributed by atoms with E-state index in [4.69, 9.17) is 18.9 Å². The van der Waals surface area contributed by atoms with E-state index in [-0.39, 0.29) is 6.01 Å². The van der Waals surface area contributed by atoms with Crippen LogP contribution in [0.1, 0.15) is 22.5 Å². The van der Waals surface area contributed by atoms with Gasteiger partial charge in [0.05, 0.1) is 0 Å². The minimum Gasteiger partial charge on any atom is -0.479 e. The molecule has 0 unspecified atom stereocenters. The lowest BCUT2D eigenvalue weighted by Gasteiger charge is -2.41. The van der Waals surface area contributed by atoms with E-state index in [2.05, 4.69) is 9.97 Å². The molecule has 40 heavy (non-hydrogen) atoms. The summed E-state index contributed by atoms with van der Waals surface area (Å²) in [6.07, 6.45) is -11.6. The summed E-state index contributed by atoms with van der Waals surface area (Å²) in [5.41, 5.74) is 0.414. The molecule has 1 aromatic heterocycles. The Kier molecular flexibility index (Phi) is 8.76. The average molecular weight is 555 g/mol. The molecule has 12 heteroatoms. The fourth-order valence-corrected chi connectivity index (χ4v) is 4.66. The van der Waals surface area contributed by atoms with Gasteiger partial charge in [-0.15, -0.1) is 0 Å². The van der Waals surface area contributed by atoms with E-state index in [9.17, 15) is 30.0 Å². The molecule has 12 nitrogen and oxygen atoms in total. The third-order valence-corrected chi connectivity index (χ3v) is 6.54. The molecule has 1 fully saturated rings. The van der Waals surface area contributed by atoms with Crippen LogP contribution in [0.25, 0.3) is 0 Å². The molecular weight excluding hydrogens is 524 g/mol. The van der Waals surface area contributed by atoms with Crippen LogP contribution >= 0.6 is 0 Å². The number of carbonyl (C=O) groups is 2. The number of carbonyl (C=O) groups excluding carboxylic acids is 1. The number of carboxylic acid groups (broad SMARTS) is 1. The van der Waals surface area contributed by atoms with Gasteiger partial charge in [-0.05, 0) is 31.0 Å². The van der Waals surface area contributed by atoms with Gasteiger partial charge in [0, 0.05) is 18.5 Å². The van der Waals surface area contributed by atoms with Crippen molar-refractivity contribution in [2.24, 2.45) is 0 Å². The van der Waals surface area contributed by atoms with Gasteiger partial charge in [-0.25, -0.2) is 19.6 Å². The van der Waals surface area contributed by atoms with Gasteiger partial charge in [0.2, 0.25) is 12.4 Å². The number of rotatable bonds is 9. The van der Waals surface area contributed by atoms with Gasteiger partial charge in [0.1, 0.15) is 18.3 Å². The number of aliphatic carboxylic acids is 1. The lowest BCUT2D eigenvalue weighted by molar-refractivity contribution is -0.289. The summed E-state index contributed by atoms with van der Waals surface area (Å²) in [5.74, 6) is -2.79. The van der Waals surface area contributed by atoms with E-state index < -0.39 is 54.3 Å². The van der Waals surface area contributed by atoms with Crippen molar-refractivity contribution in [2.45, 2.75) is 56.3 Å². The van der Waals surface area contributed by atoms with Crippen molar-refractivity contribution >= 4 is 11.9 Å². The molecule has 0 spiro atoms. The third kappa shape index (κ3) is 5.67. The number of methoxy groups -OCH3 is 1. The second-order valence-corrected chi connectivity index (χ2v) is 9.27. The van der Waals surface area contributed by atoms with Crippen LogP contribution < -0.4 is 4.74 Å². The SMILES string of the molecule is COC(c1ccccc1)(c1ccccc1)[C@@H](Oc1nc(C)cc(C)n1)C(=O)O[C@@H]1O[C@H](C(=O)O)[C@@H](O)[C@@H](O)[C@H]1O. The molecule has 0 bridgehead atoms. The number of hydrogen-bond acceptors (Lipinski definition) is 11. The summed E-state index contributed by atoms with van der Waals surface area (Å²) in [4.78, 5) is 34.1. The number of benzene rings is 2. The van der Waals surface area contributed by atoms with E-state index in [0.717, 1.165) is 0 Å². The topological polar surface area (TPSA) is 178 Å². The standard InChI is InChI=1S/C28H30N2O10/c1-15-14-16(2)30-27(29-15)39-23(25(36)40-26-21(33)19(31)20(32)22(38-26)24(34)35)28(37-3,17-10-6-4-7-11-17)18-12-8-5-9-13-18/h4-14,19-23,26,31-33H,1-3H3,(H,34,35)/t19-,20+,21-,22+,23+,26+/m1/s1. The largest absolute Gasteiger partial charge is 0.479 e. The number of ether oxygens (including phenoxy) is 4. The van der Waals surface area contributed by atoms with Gasteiger partial charge in [-0.3, -0.25) is 0 Å². The summed E-state index contributed by atoms with van der Waals surface area (Å²) < 4.78 is 22.8. The number of aliphatic hydroxyl groups excluding tert-OH is 3. The van der Waals surface area contributed by atoms with Crippen molar-refractivity contribution in [1.82, 2.24) is 9.97 Å². The summed E-state index contributed by atoms with van der Waals surface area (Å²) in [6, 6.07) is 18.9. The first-order valence-corrected chi connectivity index (χ1v) is 12.4. The number of aliphatic hydroxyl groups is 3. The first kappa shape index (κ1) is 29.1. The molecule has 1 aliphatic heterocycles. The zero-order valence-corrected chi connectivity index (χ0v) is 21.9. The molecule has 4 rings (SSSR count). The lowest BCUT2D eigenvalue weighted by Crippen LogP contribution is -2.61. The molecule has 3 aromatic rings. The number of aromatic nitrogens is 2. The number of carboxylic acids is 1. The van der Waals surface area contributed by atoms with Crippen LogP contribution in [0.3, 0.4) is 0 Å². The monoisotopic (exact) mass is 554 g/mol. The highest BCUT2D eigenvalue weighted by Crippen LogP contribution is 2.39. The van der Waals surface area contributed by atoms with E-state index in [1.807, 2.05) is 0 Å². The van der Waals surface area contributed by atoms with Crippen LogP contribution in [0.2, 0.25) is 0 Å². The quantitative estimate of drug-likeness (QED) is 0.275. The first-order chi connectivity index (χ1) is 19.1. The molecule has 0 radical (unpaired) electrons. The predicted molar refractivity (Wildman–Crippen MR) is 137 cm³/mol. The minimum absolute atomic E-state index is 0.170. The van der Waals surface area contributed by atoms with Crippen molar-refractivity contribution in [3.8, 4) is 6.01 Å². The predicted octanol–water partition coefficient (Wildman–Crippen LogP) is 0.866. The van der Waals surface area contributed by atoms with E-state index in [1.54, 1.807) is 80.6 Å². The third-order valence-electron chi connectivity index (χ3n) is 6.54. The first-order valence-electron chi connectivity index (χ1n) is 12.4. The summed E-state index contributed by atoms with van der Waals surface area (Å²) in [5, 5.41) is 40.2. The second kappa shape index (κ2) is 12.1. The summed E-state index contributed by atoms with van der Waals surface area (Å²) >= 11 is 0. The van der Waals surface area contributed by atoms with Crippen LogP contribution in [0.4, 0.5) is 0 Å². The number of aryl methyl sites for hydroxylation is 2. The van der Waals surface area contributed by atoms with Crippen LogP contribution in [0.5, 0.6) is 6.01 Å². The maximum Gasteiger partial charge on any atom is 0.353 e. The minimum atomic E-state index is -1.98. The molecular formula is C28H30N2O10. The Morgan fingerprint density at radius 2 is 1.40 bits per heavy atom. The molecule has 0 aliphatic carbocycles. The Labute approximate surface area is 229 Å². The zero-order chi connectivity index (χ0) is 29.0. The van der Waals surface area contributed by atoms with Gasteiger partial charge in [-0.2, -0.15) is 0 Å². The number of nitrogens with zero attached hydrogens (tertiary/aromatic N) is 2. The van der Waals surface area contributed by atoms with Crippen LogP contribution in [0.15, 0.2) is 66.7 Å². The summed E-state index contributed by atoms with van der Waals surface area (Å²) in [6.45, 7) is 3.44. The molecule has 2 aromatic carbocycles. The summed E-state index contributed by atoms with van der Waals surface area (Å²) in [7, 11) is 1.37. The normalized spacial score (nSPS) is 23.7. The number of esters is 1. The Balaban J connectivity index is 1.83. The molecule has 1 saturated heterocycles. The fourth-order valence-electron chi connectivity index (χ4n) is 4.66. The molecule has 0 saturated carbocycles. The van der Waals surface area contributed by atoms with Crippen LogP contribution in [-0.4, -0.2) is 86.3 Å². The van der Waals surface area contributed by atoms with Crippen molar-refractivity contribution in [1.29, 1.82) is 0 Å². The Hall–Kier alpha value is -3.94. The average Bonchev–Trinajstić information content (AvgIpc) is 2.94. The highest BCUT2D eigenvalue weighted by Gasteiger charge is 2.53. The second-order valence-electron chi connectivity index (χ2n) is 9.27. The van der Waals surface area contributed by atoms with Crippen LogP contribution in [-0.2, 0) is 29.4 Å². The molecule has 212 valence electrons. The Bertz CT molecular complexity index is 1260. The maximum atomic E-state index is 14.0. The van der Waals surface area contributed by atoms with Gasteiger partial charge < -0.3 is 39.4 Å². The molecule has 1 aliphatic rings. The maximum absolute atomic E-state index is 14.0. The van der Waals surface area contributed by atoms with Crippen molar-refractivity contribution in [2.75, 3.05) is 7.11 Å². The van der Waals surface area contributed by atoms with Gasteiger partial charge in [0.15, 0.2) is 11.7 Å². The van der Waals surface area contributed by atoms with Crippen molar-refractivity contribution in [3.63, 3.8) is 0 Å². The van der Waals surface area contributed by atoms with Gasteiger partial charge in [0.25, 0.3) is 0 Å². The van der Waals surface area contributed by atoms with Crippen molar-refractivity contribution in [3.05, 3.63) is 89.2 Å². The molecule has 6 atom stereocenters. The lowest BCUT2D eigenvalue weighted by atomic mass is 9.81. The number of hydrogen-bond donors (Lipinski definition) is 4. The fraction of sp³-hybridized carbons (Fsp3) is 0.357. The van der Waals surface area contributed by atoms with Crippen LogP contribution in [0, 0.1) is 13.8 Å². The van der Waals surface area contributed by atoms with E-state index in [0.29, 0.717) is 22.5 Å². The molecule has 2 heterocycles. The van der Waals surface area contributed by atoms with Crippen molar-refractivity contribution < 1.29 is 49.0 Å². The van der Waals surface area contributed by atoms with Gasteiger partial charge in [-0.1, -0.05) is 60.7 Å². The van der Waals surface area contributed by atoms with Gasteiger partial charge >= 0.3 is 17.9 Å².